The molecule has 0 unspecified atom stereocenters. The minimum Gasteiger partial charge on any atom is -0.365 e. The summed E-state index contributed by atoms with van der Waals surface area (Å²) in [7, 11) is 1.78. The number of carbonyl (C=O) groups excluding carboxylic acids is 1. The first kappa shape index (κ1) is 16.1. The lowest BCUT2D eigenvalue weighted by molar-refractivity contribution is 0.0957. The van der Waals surface area contributed by atoms with Gasteiger partial charge in [0.05, 0.1) is 5.69 Å². The fraction of sp³-hybridized carbons (Fsp3) is 0.286. The molecule has 0 aliphatic heterocycles. The molecule has 21 heavy (non-hydrogen) atoms. The van der Waals surface area contributed by atoms with Crippen molar-refractivity contribution in [3.05, 3.63) is 44.4 Å². The van der Waals surface area contributed by atoms with E-state index in [-0.39, 0.29) is 5.91 Å². The van der Waals surface area contributed by atoms with Crippen LogP contribution in [-0.2, 0) is 6.42 Å². The zero-order chi connectivity index (χ0) is 15.4. The van der Waals surface area contributed by atoms with E-state index >= 15 is 0 Å². The van der Waals surface area contributed by atoms with E-state index in [1.165, 1.54) is 11.3 Å². The Morgan fingerprint density at radius 3 is 2.76 bits per heavy atom. The minimum absolute atomic E-state index is 0.114. The molecule has 1 aromatic carbocycles. The SMILES string of the molecule is CNc1nc(C)c(C(=O)NCCc2ccc(Cl)cc2Cl)s1. The molecule has 0 fully saturated rings. The van der Waals surface area contributed by atoms with Gasteiger partial charge >= 0.3 is 0 Å². The zero-order valence-corrected chi connectivity index (χ0v) is 14.0. The van der Waals surface area contributed by atoms with Gasteiger partial charge in [0.2, 0.25) is 0 Å². The van der Waals surface area contributed by atoms with Gasteiger partial charge in [-0.25, -0.2) is 4.98 Å². The van der Waals surface area contributed by atoms with Crippen LogP contribution in [-0.4, -0.2) is 24.5 Å². The lowest BCUT2D eigenvalue weighted by Gasteiger charge is -2.06. The first-order valence-corrected chi connectivity index (χ1v) is 7.96. The number of anilines is 1. The molecule has 0 spiro atoms. The maximum atomic E-state index is 12.1. The molecule has 1 heterocycles. The number of hydrogen-bond donors (Lipinski definition) is 2. The van der Waals surface area contributed by atoms with E-state index in [0.717, 1.165) is 16.4 Å². The molecule has 2 rings (SSSR count). The Balaban J connectivity index is 1.93. The van der Waals surface area contributed by atoms with Crippen LogP contribution < -0.4 is 10.6 Å². The predicted molar refractivity (Wildman–Crippen MR) is 88.9 cm³/mol. The Bertz CT molecular complexity index is 658. The van der Waals surface area contributed by atoms with E-state index < -0.39 is 0 Å². The summed E-state index contributed by atoms with van der Waals surface area (Å²) in [6.07, 6.45) is 0.651. The lowest BCUT2D eigenvalue weighted by atomic mass is 10.1. The number of carbonyl (C=O) groups is 1. The second kappa shape index (κ2) is 7.11. The van der Waals surface area contributed by atoms with E-state index in [0.29, 0.717) is 27.9 Å². The normalized spacial score (nSPS) is 10.5. The highest BCUT2D eigenvalue weighted by atomic mass is 35.5. The van der Waals surface area contributed by atoms with Gasteiger partial charge in [0, 0.05) is 23.6 Å². The Morgan fingerprint density at radius 1 is 1.38 bits per heavy atom. The summed E-state index contributed by atoms with van der Waals surface area (Å²) < 4.78 is 0. The highest BCUT2D eigenvalue weighted by Crippen LogP contribution is 2.22. The number of benzene rings is 1. The fourth-order valence-corrected chi connectivity index (χ4v) is 3.17. The number of amides is 1. The third-order valence-electron chi connectivity index (χ3n) is 2.91. The average Bonchev–Trinajstić information content (AvgIpc) is 2.82. The van der Waals surface area contributed by atoms with Gasteiger partial charge in [-0.15, -0.1) is 0 Å². The van der Waals surface area contributed by atoms with Crippen molar-refractivity contribution in [2.45, 2.75) is 13.3 Å². The van der Waals surface area contributed by atoms with Crippen molar-refractivity contribution in [2.24, 2.45) is 0 Å². The van der Waals surface area contributed by atoms with Gasteiger partial charge in [0.25, 0.3) is 5.91 Å². The van der Waals surface area contributed by atoms with Gasteiger partial charge in [-0.05, 0) is 31.0 Å². The highest BCUT2D eigenvalue weighted by Gasteiger charge is 2.14. The van der Waals surface area contributed by atoms with Gasteiger partial charge < -0.3 is 10.6 Å². The Labute approximate surface area is 137 Å². The summed E-state index contributed by atoms with van der Waals surface area (Å²) in [5, 5.41) is 7.77. The van der Waals surface area contributed by atoms with Crippen LogP contribution in [0.25, 0.3) is 0 Å². The van der Waals surface area contributed by atoms with Gasteiger partial charge in [0.15, 0.2) is 5.13 Å². The molecule has 0 saturated heterocycles. The molecule has 1 amide bonds. The standard InChI is InChI=1S/C14H15Cl2N3OS/c1-8-12(21-14(17-2)19-8)13(20)18-6-5-9-3-4-10(15)7-11(9)16/h3-4,7H,5-6H2,1-2H3,(H,17,19)(H,18,20). The number of halogens is 2. The summed E-state index contributed by atoms with van der Waals surface area (Å²) >= 11 is 13.3. The number of rotatable bonds is 5. The molecule has 7 heteroatoms. The molecule has 1 aromatic heterocycles. The van der Waals surface area contributed by atoms with Gasteiger partial charge in [-0.3, -0.25) is 4.79 Å². The second-order valence-corrected chi connectivity index (χ2v) is 6.27. The van der Waals surface area contributed by atoms with Crippen LogP contribution in [0.1, 0.15) is 20.9 Å². The number of thiazole rings is 1. The molecule has 112 valence electrons. The smallest absolute Gasteiger partial charge is 0.263 e. The first-order valence-electron chi connectivity index (χ1n) is 6.38. The summed E-state index contributed by atoms with van der Waals surface area (Å²) in [5.74, 6) is -0.114. The Hall–Kier alpha value is -1.30. The van der Waals surface area contributed by atoms with Crippen LogP contribution in [0.15, 0.2) is 18.2 Å². The van der Waals surface area contributed by atoms with Gasteiger partial charge in [-0.1, -0.05) is 40.6 Å². The number of nitrogens with one attached hydrogen (secondary N) is 2. The maximum Gasteiger partial charge on any atom is 0.263 e. The summed E-state index contributed by atoms with van der Waals surface area (Å²) in [6.45, 7) is 2.33. The van der Waals surface area contributed by atoms with Gasteiger partial charge in [-0.2, -0.15) is 0 Å². The van der Waals surface area contributed by atoms with Crippen LogP contribution in [0.5, 0.6) is 0 Å². The molecule has 2 aromatic rings. The summed E-state index contributed by atoms with van der Waals surface area (Å²) in [5.41, 5.74) is 1.68. The van der Waals surface area contributed by atoms with Crippen molar-refractivity contribution in [3.63, 3.8) is 0 Å². The Morgan fingerprint density at radius 2 is 2.14 bits per heavy atom. The van der Waals surface area contributed by atoms with Crippen molar-refractivity contribution >= 4 is 45.6 Å². The molecule has 0 aliphatic carbocycles. The first-order chi connectivity index (χ1) is 10.0. The molecule has 0 aliphatic rings. The third kappa shape index (κ3) is 4.09. The van der Waals surface area contributed by atoms with Crippen molar-refractivity contribution in [3.8, 4) is 0 Å². The van der Waals surface area contributed by atoms with Crippen LogP contribution in [0, 0.1) is 6.92 Å². The molecule has 0 atom stereocenters. The van der Waals surface area contributed by atoms with E-state index in [1.54, 1.807) is 19.2 Å². The largest absolute Gasteiger partial charge is 0.365 e. The zero-order valence-electron chi connectivity index (χ0n) is 11.7. The number of hydrogen-bond acceptors (Lipinski definition) is 4. The van der Waals surface area contributed by atoms with Crippen molar-refractivity contribution in [1.82, 2.24) is 10.3 Å². The minimum atomic E-state index is -0.114. The number of aryl methyl sites for hydroxylation is 1. The van der Waals surface area contributed by atoms with Gasteiger partial charge in [0.1, 0.15) is 4.88 Å². The molecule has 0 bridgehead atoms. The fourth-order valence-electron chi connectivity index (χ4n) is 1.83. The average molecular weight is 344 g/mol. The quantitative estimate of drug-likeness (QED) is 0.868. The summed E-state index contributed by atoms with van der Waals surface area (Å²) in [6, 6.07) is 5.36. The van der Waals surface area contributed by atoms with Crippen molar-refractivity contribution in [2.75, 3.05) is 18.9 Å². The van der Waals surface area contributed by atoms with Crippen LogP contribution >= 0.6 is 34.5 Å². The molecule has 4 nitrogen and oxygen atoms in total. The van der Waals surface area contributed by atoms with Crippen LogP contribution in [0.4, 0.5) is 5.13 Å². The predicted octanol–water partition coefficient (Wildman–Crippen LogP) is 3.77. The highest BCUT2D eigenvalue weighted by molar-refractivity contribution is 7.17. The molecule has 0 radical (unpaired) electrons. The van der Waals surface area contributed by atoms with Crippen molar-refractivity contribution < 1.29 is 4.79 Å². The summed E-state index contributed by atoms with van der Waals surface area (Å²) in [4.78, 5) is 17.0. The van der Waals surface area contributed by atoms with Crippen LogP contribution in [0.2, 0.25) is 10.0 Å². The topological polar surface area (TPSA) is 54.0 Å². The number of aromatic nitrogens is 1. The third-order valence-corrected chi connectivity index (χ3v) is 4.67. The molecular formula is C14H15Cl2N3OS. The van der Waals surface area contributed by atoms with E-state index in [1.807, 2.05) is 13.0 Å². The second-order valence-electron chi connectivity index (χ2n) is 4.43. The van der Waals surface area contributed by atoms with Crippen LogP contribution in [0.3, 0.4) is 0 Å². The van der Waals surface area contributed by atoms with Crippen molar-refractivity contribution in [1.29, 1.82) is 0 Å². The van der Waals surface area contributed by atoms with E-state index in [2.05, 4.69) is 15.6 Å². The molecule has 0 saturated carbocycles. The lowest BCUT2D eigenvalue weighted by Crippen LogP contribution is -2.25. The monoisotopic (exact) mass is 343 g/mol. The Kier molecular flexibility index (Phi) is 5.45. The van der Waals surface area contributed by atoms with E-state index in [4.69, 9.17) is 23.2 Å². The molecule has 2 N–H and O–H groups in total. The number of nitrogens with zero attached hydrogens (tertiary/aromatic N) is 1. The maximum absolute atomic E-state index is 12.1. The molecular weight excluding hydrogens is 329 g/mol. The van der Waals surface area contributed by atoms with E-state index in [9.17, 15) is 4.79 Å².